The SMILES string of the molecule is CC(C)(C)OC(=O)N[C@@H](CCCCNC(=O)OCc1ccc([N+](=O)[O-])cc1)C(=O)O. The molecule has 0 saturated heterocycles. The monoisotopic (exact) mass is 425 g/mol. The van der Waals surface area contributed by atoms with E-state index < -0.39 is 34.7 Å². The zero-order valence-corrected chi connectivity index (χ0v) is 17.2. The van der Waals surface area contributed by atoms with E-state index in [0.717, 1.165) is 0 Å². The summed E-state index contributed by atoms with van der Waals surface area (Å²) in [6.07, 6.45) is -0.367. The molecule has 0 saturated carbocycles. The third kappa shape index (κ3) is 10.2. The fourth-order valence-electron chi connectivity index (χ4n) is 2.28. The number of carboxylic acids is 1. The minimum atomic E-state index is -1.17. The lowest BCUT2D eigenvalue weighted by Crippen LogP contribution is -2.43. The van der Waals surface area contributed by atoms with Crippen molar-refractivity contribution in [3.8, 4) is 0 Å². The molecule has 0 fully saturated rings. The first kappa shape index (κ1) is 24.7. The largest absolute Gasteiger partial charge is 0.480 e. The second-order valence-electron chi connectivity index (χ2n) is 7.46. The topological polar surface area (TPSA) is 157 Å². The van der Waals surface area contributed by atoms with Gasteiger partial charge in [-0.1, -0.05) is 0 Å². The molecule has 0 aliphatic rings. The van der Waals surface area contributed by atoms with Gasteiger partial charge in [-0.2, -0.15) is 0 Å². The standard InChI is InChI=1S/C19H27N3O8/c1-19(2,3)30-18(26)21-15(16(23)24)6-4-5-11-20-17(25)29-12-13-7-9-14(10-8-13)22(27)28/h7-10,15H,4-6,11-12H2,1-3H3,(H,20,25)(H,21,26)(H,23,24)/t15-/m0/s1. The number of unbranched alkanes of at least 4 members (excludes halogenated alkanes) is 1. The number of hydrogen-bond donors (Lipinski definition) is 3. The summed E-state index contributed by atoms with van der Waals surface area (Å²) in [5, 5.41) is 24.6. The van der Waals surface area contributed by atoms with Crippen LogP contribution < -0.4 is 10.6 Å². The Morgan fingerprint density at radius 3 is 2.30 bits per heavy atom. The number of non-ortho nitro benzene ring substituents is 1. The van der Waals surface area contributed by atoms with E-state index in [9.17, 15) is 29.6 Å². The van der Waals surface area contributed by atoms with Crippen molar-refractivity contribution < 1.29 is 33.9 Å². The number of carboxylic acid groups (broad SMARTS) is 1. The van der Waals surface area contributed by atoms with Gasteiger partial charge >= 0.3 is 18.2 Å². The predicted octanol–water partition coefficient (Wildman–Crippen LogP) is 2.97. The van der Waals surface area contributed by atoms with E-state index in [-0.39, 0.29) is 25.3 Å². The number of ether oxygens (including phenoxy) is 2. The molecule has 0 aliphatic heterocycles. The molecule has 1 aromatic carbocycles. The lowest BCUT2D eigenvalue weighted by molar-refractivity contribution is -0.384. The maximum absolute atomic E-state index is 11.7. The van der Waals surface area contributed by atoms with Gasteiger partial charge in [0, 0.05) is 18.7 Å². The van der Waals surface area contributed by atoms with E-state index in [1.165, 1.54) is 24.3 Å². The first-order valence-corrected chi connectivity index (χ1v) is 9.34. The van der Waals surface area contributed by atoms with E-state index in [4.69, 9.17) is 9.47 Å². The third-order valence-electron chi connectivity index (χ3n) is 3.70. The van der Waals surface area contributed by atoms with E-state index >= 15 is 0 Å². The highest BCUT2D eigenvalue weighted by Gasteiger charge is 2.23. The Morgan fingerprint density at radius 1 is 1.13 bits per heavy atom. The smallest absolute Gasteiger partial charge is 0.408 e. The summed E-state index contributed by atoms with van der Waals surface area (Å²) in [4.78, 5) is 44.7. The van der Waals surface area contributed by atoms with Crippen molar-refractivity contribution in [3.63, 3.8) is 0 Å². The third-order valence-corrected chi connectivity index (χ3v) is 3.70. The lowest BCUT2D eigenvalue weighted by atomic mass is 10.1. The maximum Gasteiger partial charge on any atom is 0.408 e. The first-order valence-electron chi connectivity index (χ1n) is 9.34. The number of rotatable bonds is 10. The Bertz CT molecular complexity index is 743. The van der Waals surface area contributed by atoms with E-state index in [1.54, 1.807) is 20.8 Å². The van der Waals surface area contributed by atoms with Crippen molar-refractivity contribution in [2.45, 2.75) is 58.3 Å². The molecule has 11 heteroatoms. The van der Waals surface area contributed by atoms with Crippen molar-refractivity contribution in [3.05, 3.63) is 39.9 Å². The molecule has 11 nitrogen and oxygen atoms in total. The van der Waals surface area contributed by atoms with Crippen molar-refractivity contribution in [1.29, 1.82) is 0 Å². The minimum absolute atomic E-state index is 0.0370. The number of amides is 2. The minimum Gasteiger partial charge on any atom is -0.480 e. The Kier molecular flexibility index (Phi) is 9.53. The highest BCUT2D eigenvalue weighted by atomic mass is 16.6. The van der Waals surface area contributed by atoms with Gasteiger partial charge in [0.05, 0.1) is 4.92 Å². The average molecular weight is 425 g/mol. The summed E-state index contributed by atoms with van der Waals surface area (Å²) in [6, 6.07) is 4.54. The highest BCUT2D eigenvalue weighted by molar-refractivity contribution is 5.79. The number of nitrogens with one attached hydrogen (secondary N) is 2. The summed E-state index contributed by atoms with van der Waals surface area (Å²) < 4.78 is 10.0. The van der Waals surface area contributed by atoms with Crippen molar-refractivity contribution in [1.82, 2.24) is 10.6 Å². The molecule has 0 bridgehead atoms. The lowest BCUT2D eigenvalue weighted by Gasteiger charge is -2.22. The van der Waals surface area contributed by atoms with Gasteiger partial charge < -0.3 is 25.2 Å². The molecule has 0 aromatic heterocycles. The van der Waals surface area contributed by atoms with Gasteiger partial charge in [-0.3, -0.25) is 10.1 Å². The molecule has 166 valence electrons. The average Bonchev–Trinajstić information content (AvgIpc) is 2.63. The number of hydrogen-bond acceptors (Lipinski definition) is 7. The molecular weight excluding hydrogens is 398 g/mol. The van der Waals surface area contributed by atoms with Gasteiger partial charge in [0.25, 0.3) is 5.69 Å². The Labute approximate surface area is 173 Å². The quantitative estimate of drug-likeness (QED) is 0.293. The second kappa shape index (κ2) is 11.6. The molecule has 3 N–H and O–H groups in total. The molecule has 1 rings (SSSR count). The number of alkyl carbamates (subject to hydrolysis) is 2. The molecule has 0 radical (unpaired) electrons. The van der Waals surface area contributed by atoms with E-state index in [2.05, 4.69) is 10.6 Å². The van der Waals surface area contributed by atoms with Gasteiger partial charge in [-0.05, 0) is 57.7 Å². The molecular formula is C19H27N3O8. The normalized spacial score (nSPS) is 11.8. The molecule has 1 aromatic rings. The van der Waals surface area contributed by atoms with Gasteiger partial charge in [-0.25, -0.2) is 14.4 Å². The molecule has 1 atom stereocenters. The van der Waals surface area contributed by atoms with Crippen LogP contribution >= 0.6 is 0 Å². The highest BCUT2D eigenvalue weighted by Crippen LogP contribution is 2.12. The van der Waals surface area contributed by atoms with Gasteiger partial charge in [0.1, 0.15) is 18.2 Å². The molecule has 0 aliphatic carbocycles. The van der Waals surface area contributed by atoms with Crippen LogP contribution in [0.4, 0.5) is 15.3 Å². The fraction of sp³-hybridized carbons (Fsp3) is 0.526. The van der Waals surface area contributed by atoms with Gasteiger partial charge in [0.2, 0.25) is 0 Å². The van der Waals surface area contributed by atoms with Crippen molar-refractivity contribution in [2.24, 2.45) is 0 Å². The van der Waals surface area contributed by atoms with E-state index in [1.807, 2.05) is 0 Å². The van der Waals surface area contributed by atoms with Crippen LogP contribution in [0.2, 0.25) is 0 Å². The van der Waals surface area contributed by atoms with Crippen molar-refractivity contribution in [2.75, 3.05) is 6.54 Å². The number of aliphatic carboxylic acids is 1. The molecule has 30 heavy (non-hydrogen) atoms. The van der Waals surface area contributed by atoms with Crippen LogP contribution in [-0.4, -0.2) is 46.4 Å². The summed E-state index contributed by atoms with van der Waals surface area (Å²) >= 11 is 0. The zero-order chi connectivity index (χ0) is 22.7. The molecule has 2 amide bonds. The Balaban J connectivity index is 2.26. The summed E-state index contributed by atoms with van der Waals surface area (Å²) in [5.41, 5.74) is -0.177. The molecule has 0 unspecified atom stereocenters. The number of nitrogens with zero attached hydrogens (tertiary/aromatic N) is 1. The summed E-state index contributed by atoms with van der Waals surface area (Å²) in [7, 11) is 0. The Morgan fingerprint density at radius 2 is 1.77 bits per heavy atom. The van der Waals surface area contributed by atoms with Crippen LogP contribution in [0.3, 0.4) is 0 Å². The number of carbonyl (C=O) groups excluding carboxylic acids is 2. The predicted molar refractivity (Wildman–Crippen MR) is 106 cm³/mol. The molecule has 0 heterocycles. The van der Waals surface area contributed by atoms with Crippen LogP contribution in [-0.2, 0) is 20.9 Å². The van der Waals surface area contributed by atoms with Gasteiger partial charge in [0.15, 0.2) is 0 Å². The van der Waals surface area contributed by atoms with Crippen LogP contribution in [0.5, 0.6) is 0 Å². The number of nitro benzene ring substituents is 1. The number of carbonyl (C=O) groups is 3. The van der Waals surface area contributed by atoms with Crippen LogP contribution in [0, 0.1) is 10.1 Å². The second-order valence-corrected chi connectivity index (χ2v) is 7.46. The summed E-state index contributed by atoms with van der Waals surface area (Å²) in [5.74, 6) is -1.17. The Hall–Kier alpha value is -3.37. The van der Waals surface area contributed by atoms with Crippen LogP contribution in [0.1, 0.15) is 45.6 Å². The maximum atomic E-state index is 11.7. The number of nitro groups is 1. The number of benzene rings is 1. The molecule has 0 spiro atoms. The van der Waals surface area contributed by atoms with Crippen LogP contribution in [0.15, 0.2) is 24.3 Å². The zero-order valence-electron chi connectivity index (χ0n) is 17.2. The van der Waals surface area contributed by atoms with Crippen molar-refractivity contribution >= 4 is 23.8 Å². The first-order chi connectivity index (χ1) is 14.0. The fourth-order valence-corrected chi connectivity index (χ4v) is 2.28. The summed E-state index contributed by atoms with van der Waals surface area (Å²) in [6.45, 7) is 5.25. The van der Waals surface area contributed by atoms with Gasteiger partial charge in [-0.15, -0.1) is 0 Å². The van der Waals surface area contributed by atoms with E-state index in [0.29, 0.717) is 18.4 Å². The van der Waals surface area contributed by atoms with Crippen LogP contribution in [0.25, 0.3) is 0 Å².